The number of benzene rings is 1. The Morgan fingerprint density at radius 2 is 1.95 bits per heavy atom. The molecule has 0 aliphatic rings. The SMILES string of the molecule is CCOc1nc(Cl)nc(NCCCc2ccccc2)n1. The van der Waals surface area contributed by atoms with Crippen LogP contribution in [0.25, 0.3) is 0 Å². The summed E-state index contributed by atoms with van der Waals surface area (Å²) in [5.41, 5.74) is 1.32. The van der Waals surface area contributed by atoms with Gasteiger partial charge in [0.1, 0.15) is 0 Å². The van der Waals surface area contributed by atoms with E-state index in [4.69, 9.17) is 16.3 Å². The van der Waals surface area contributed by atoms with Crippen LogP contribution in [-0.4, -0.2) is 28.1 Å². The zero-order valence-electron chi connectivity index (χ0n) is 11.3. The van der Waals surface area contributed by atoms with Crippen LogP contribution in [0, 0.1) is 0 Å². The molecule has 0 fully saturated rings. The first-order chi connectivity index (χ1) is 9.78. The number of nitrogens with one attached hydrogen (secondary N) is 1. The molecule has 6 heteroatoms. The largest absolute Gasteiger partial charge is 0.464 e. The third kappa shape index (κ3) is 4.66. The fraction of sp³-hybridized carbons (Fsp3) is 0.357. The van der Waals surface area contributed by atoms with E-state index >= 15 is 0 Å². The maximum atomic E-state index is 5.81. The van der Waals surface area contributed by atoms with Gasteiger partial charge < -0.3 is 10.1 Å². The quantitative estimate of drug-likeness (QED) is 0.795. The van der Waals surface area contributed by atoms with Crippen molar-refractivity contribution >= 4 is 17.5 Å². The van der Waals surface area contributed by atoms with Gasteiger partial charge in [0.25, 0.3) is 0 Å². The smallest absolute Gasteiger partial charge is 0.322 e. The lowest BCUT2D eigenvalue weighted by atomic mass is 10.1. The van der Waals surface area contributed by atoms with Crippen LogP contribution >= 0.6 is 11.6 Å². The number of rotatable bonds is 7. The topological polar surface area (TPSA) is 59.9 Å². The van der Waals surface area contributed by atoms with E-state index in [1.54, 1.807) is 0 Å². The highest BCUT2D eigenvalue weighted by atomic mass is 35.5. The minimum absolute atomic E-state index is 0.133. The lowest BCUT2D eigenvalue weighted by molar-refractivity contribution is 0.312. The third-order valence-corrected chi connectivity index (χ3v) is 2.80. The number of hydrogen-bond donors (Lipinski definition) is 1. The first kappa shape index (κ1) is 14.5. The molecule has 0 saturated carbocycles. The highest BCUT2D eigenvalue weighted by Gasteiger charge is 2.04. The van der Waals surface area contributed by atoms with E-state index in [1.807, 2.05) is 25.1 Å². The molecule has 0 unspecified atom stereocenters. The Hall–Kier alpha value is -1.88. The molecular weight excluding hydrogens is 276 g/mol. The van der Waals surface area contributed by atoms with Crippen molar-refractivity contribution in [3.63, 3.8) is 0 Å². The van der Waals surface area contributed by atoms with E-state index in [0.717, 1.165) is 19.4 Å². The first-order valence-electron chi connectivity index (χ1n) is 6.60. The van der Waals surface area contributed by atoms with Crippen molar-refractivity contribution in [2.24, 2.45) is 0 Å². The predicted molar refractivity (Wildman–Crippen MR) is 79.3 cm³/mol. The number of nitrogens with zero attached hydrogens (tertiary/aromatic N) is 3. The fourth-order valence-corrected chi connectivity index (χ4v) is 1.89. The maximum absolute atomic E-state index is 5.81. The molecule has 0 bridgehead atoms. The van der Waals surface area contributed by atoms with Crippen molar-refractivity contribution in [1.82, 2.24) is 15.0 Å². The molecule has 2 rings (SSSR count). The molecule has 0 aliphatic carbocycles. The van der Waals surface area contributed by atoms with Crippen LogP contribution < -0.4 is 10.1 Å². The van der Waals surface area contributed by atoms with Crippen molar-refractivity contribution in [3.8, 4) is 6.01 Å². The fourth-order valence-electron chi connectivity index (χ4n) is 1.74. The molecule has 2 aromatic rings. The Morgan fingerprint density at radius 1 is 1.15 bits per heavy atom. The van der Waals surface area contributed by atoms with Gasteiger partial charge in [-0.05, 0) is 36.9 Å². The van der Waals surface area contributed by atoms with Gasteiger partial charge in [0.15, 0.2) is 0 Å². The number of ether oxygens (including phenoxy) is 1. The molecule has 106 valence electrons. The van der Waals surface area contributed by atoms with Gasteiger partial charge in [-0.25, -0.2) is 0 Å². The van der Waals surface area contributed by atoms with Crippen molar-refractivity contribution in [1.29, 1.82) is 0 Å². The molecular formula is C14H17ClN4O. The summed E-state index contributed by atoms with van der Waals surface area (Å²) < 4.78 is 5.22. The van der Waals surface area contributed by atoms with E-state index in [-0.39, 0.29) is 11.3 Å². The van der Waals surface area contributed by atoms with Crippen LogP contribution in [0.4, 0.5) is 5.95 Å². The molecule has 20 heavy (non-hydrogen) atoms. The number of hydrogen-bond acceptors (Lipinski definition) is 5. The van der Waals surface area contributed by atoms with Crippen LogP contribution in [-0.2, 0) is 6.42 Å². The second-order valence-corrected chi connectivity index (χ2v) is 4.50. The molecule has 0 saturated heterocycles. The van der Waals surface area contributed by atoms with Gasteiger partial charge >= 0.3 is 6.01 Å². The van der Waals surface area contributed by atoms with Gasteiger partial charge in [-0.1, -0.05) is 30.3 Å². The molecule has 1 N–H and O–H groups in total. The third-order valence-electron chi connectivity index (χ3n) is 2.63. The summed E-state index contributed by atoms with van der Waals surface area (Å²) in [5, 5.41) is 3.26. The minimum Gasteiger partial charge on any atom is -0.464 e. The standard InChI is InChI=1S/C14H17ClN4O/c1-2-20-14-18-12(15)17-13(19-14)16-10-6-9-11-7-4-3-5-8-11/h3-5,7-8H,2,6,9-10H2,1H3,(H,16,17,18,19). The zero-order chi connectivity index (χ0) is 14.2. The average molecular weight is 293 g/mol. The first-order valence-corrected chi connectivity index (χ1v) is 6.98. The Labute approximate surface area is 123 Å². The van der Waals surface area contributed by atoms with E-state index in [9.17, 15) is 0 Å². The van der Waals surface area contributed by atoms with Crippen LogP contribution in [0.3, 0.4) is 0 Å². The summed E-state index contributed by atoms with van der Waals surface area (Å²) in [6.45, 7) is 3.12. The molecule has 0 spiro atoms. The average Bonchev–Trinajstić information content (AvgIpc) is 2.45. The van der Waals surface area contributed by atoms with Crippen LogP contribution in [0.5, 0.6) is 6.01 Å². The Bertz CT molecular complexity index is 536. The lowest BCUT2D eigenvalue weighted by Crippen LogP contribution is -2.09. The van der Waals surface area contributed by atoms with Crippen LogP contribution in [0.2, 0.25) is 5.28 Å². The van der Waals surface area contributed by atoms with E-state index in [1.165, 1.54) is 5.56 Å². The Kier molecular flexibility index (Phi) is 5.55. The second kappa shape index (κ2) is 7.65. The van der Waals surface area contributed by atoms with Gasteiger partial charge in [-0.2, -0.15) is 15.0 Å². The van der Waals surface area contributed by atoms with Crippen molar-refractivity contribution in [2.45, 2.75) is 19.8 Å². The van der Waals surface area contributed by atoms with Gasteiger partial charge in [-0.3, -0.25) is 0 Å². The van der Waals surface area contributed by atoms with E-state index < -0.39 is 0 Å². The van der Waals surface area contributed by atoms with Gasteiger partial charge in [0.2, 0.25) is 11.2 Å². The summed E-state index contributed by atoms with van der Waals surface area (Å²) in [6.07, 6.45) is 1.99. The number of aromatic nitrogens is 3. The number of aryl methyl sites for hydroxylation is 1. The maximum Gasteiger partial charge on any atom is 0.322 e. The molecule has 0 amide bonds. The van der Waals surface area contributed by atoms with Gasteiger partial charge in [0.05, 0.1) is 6.61 Å². The zero-order valence-corrected chi connectivity index (χ0v) is 12.1. The summed E-state index contributed by atoms with van der Waals surface area (Å²) in [5.74, 6) is 0.446. The normalized spacial score (nSPS) is 10.3. The van der Waals surface area contributed by atoms with Crippen LogP contribution in [0.1, 0.15) is 18.9 Å². The van der Waals surface area contributed by atoms with Gasteiger partial charge in [0, 0.05) is 6.54 Å². The Balaban J connectivity index is 1.81. The monoisotopic (exact) mass is 292 g/mol. The molecule has 5 nitrogen and oxygen atoms in total. The molecule has 0 atom stereocenters. The molecule has 1 aromatic heterocycles. The van der Waals surface area contributed by atoms with Crippen LogP contribution in [0.15, 0.2) is 30.3 Å². The Morgan fingerprint density at radius 3 is 2.70 bits per heavy atom. The highest BCUT2D eigenvalue weighted by molar-refractivity contribution is 6.28. The summed E-state index contributed by atoms with van der Waals surface area (Å²) in [6, 6.07) is 10.6. The minimum atomic E-state index is 0.133. The van der Waals surface area contributed by atoms with Crippen molar-refractivity contribution in [2.75, 3.05) is 18.5 Å². The second-order valence-electron chi connectivity index (χ2n) is 4.16. The molecule has 0 aliphatic heterocycles. The van der Waals surface area contributed by atoms with E-state index in [0.29, 0.717) is 12.6 Å². The predicted octanol–water partition coefficient (Wildman–Crippen LogP) is 2.97. The molecule has 1 aromatic carbocycles. The summed E-state index contributed by atoms with van der Waals surface area (Å²) in [7, 11) is 0. The number of anilines is 1. The molecule has 1 heterocycles. The van der Waals surface area contributed by atoms with Crippen molar-refractivity contribution in [3.05, 3.63) is 41.2 Å². The summed E-state index contributed by atoms with van der Waals surface area (Å²) in [4.78, 5) is 12.0. The van der Waals surface area contributed by atoms with Gasteiger partial charge in [-0.15, -0.1) is 0 Å². The van der Waals surface area contributed by atoms with Crippen molar-refractivity contribution < 1.29 is 4.74 Å². The summed E-state index contributed by atoms with van der Waals surface area (Å²) >= 11 is 5.81. The molecule has 0 radical (unpaired) electrons. The highest BCUT2D eigenvalue weighted by Crippen LogP contribution is 2.11. The van der Waals surface area contributed by atoms with E-state index in [2.05, 4.69) is 32.4 Å². The lowest BCUT2D eigenvalue weighted by Gasteiger charge is -2.07. The number of halogens is 1.